The van der Waals surface area contributed by atoms with Gasteiger partial charge in [-0.1, -0.05) is 36.9 Å². The van der Waals surface area contributed by atoms with E-state index in [1.807, 2.05) is 32.0 Å². The van der Waals surface area contributed by atoms with Crippen LogP contribution in [-0.2, 0) is 0 Å². The molecule has 3 rings (SSSR count). The summed E-state index contributed by atoms with van der Waals surface area (Å²) in [4.78, 5) is 12.4. The van der Waals surface area contributed by atoms with Crippen molar-refractivity contribution in [2.24, 2.45) is 0 Å². The SMILES string of the molecule is C=C(C)c1nc(C)nc2cc(-c3ccccc3)[nH]c12. The van der Waals surface area contributed by atoms with Crippen molar-refractivity contribution in [1.29, 1.82) is 0 Å². The number of aryl methyl sites for hydroxylation is 1. The van der Waals surface area contributed by atoms with E-state index < -0.39 is 0 Å². The summed E-state index contributed by atoms with van der Waals surface area (Å²) in [7, 11) is 0. The summed E-state index contributed by atoms with van der Waals surface area (Å²) in [5, 5.41) is 0. The second kappa shape index (κ2) is 4.35. The third-order valence-electron chi connectivity index (χ3n) is 3.08. The molecule has 0 aliphatic carbocycles. The molecule has 3 nitrogen and oxygen atoms in total. The number of hydrogen-bond acceptors (Lipinski definition) is 2. The molecule has 1 aromatic carbocycles. The molecular weight excluding hydrogens is 234 g/mol. The zero-order valence-electron chi connectivity index (χ0n) is 11.1. The molecule has 0 aliphatic rings. The van der Waals surface area contributed by atoms with Crippen LogP contribution >= 0.6 is 0 Å². The molecule has 0 saturated carbocycles. The molecule has 94 valence electrons. The van der Waals surface area contributed by atoms with Gasteiger partial charge in [0.15, 0.2) is 0 Å². The van der Waals surface area contributed by atoms with Crippen molar-refractivity contribution in [2.75, 3.05) is 0 Å². The predicted molar refractivity (Wildman–Crippen MR) is 78.8 cm³/mol. The normalized spacial score (nSPS) is 10.8. The maximum Gasteiger partial charge on any atom is 0.126 e. The molecule has 0 atom stereocenters. The highest BCUT2D eigenvalue weighted by molar-refractivity contribution is 5.90. The maximum absolute atomic E-state index is 4.48. The smallest absolute Gasteiger partial charge is 0.126 e. The molecule has 3 heteroatoms. The van der Waals surface area contributed by atoms with Gasteiger partial charge >= 0.3 is 0 Å². The van der Waals surface area contributed by atoms with Gasteiger partial charge in [-0.25, -0.2) is 9.97 Å². The summed E-state index contributed by atoms with van der Waals surface area (Å²) in [6.45, 7) is 7.85. The van der Waals surface area contributed by atoms with Crippen molar-refractivity contribution in [3.05, 3.63) is 54.5 Å². The second-order valence-corrected chi connectivity index (χ2v) is 4.71. The van der Waals surface area contributed by atoms with Crippen LogP contribution < -0.4 is 0 Å². The van der Waals surface area contributed by atoms with E-state index in [0.29, 0.717) is 0 Å². The minimum atomic E-state index is 0.768. The minimum absolute atomic E-state index is 0.768. The quantitative estimate of drug-likeness (QED) is 0.746. The molecule has 0 bridgehead atoms. The lowest BCUT2D eigenvalue weighted by atomic mass is 10.1. The fourth-order valence-electron chi connectivity index (χ4n) is 2.21. The molecule has 2 aromatic heterocycles. The molecule has 0 saturated heterocycles. The molecule has 0 spiro atoms. The Hall–Kier alpha value is -2.42. The molecule has 2 heterocycles. The first-order valence-corrected chi connectivity index (χ1v) is 6.24. The van der Waals surface area contributed by atoms with Gasteiger partial charge < -0.3 is 4.98 Å². The summed E-state index contributed by atoms with van der Waals surface area (Å²) >= 11 is 0. The summed E-state index contributed by atoms with van der Waals surface area (Å²) < 4.78 is 0. The minimum Gasteiger partial charge on any atom is -0.351 e. The lowest BCUT2D eigenvalue weighted by Gasteiger charge is -2.02. The van der Waals surface area contributed by atoms with Crippen molar-refractivity contribution in [2.45, 2.75) is 13.8 Å². The molecular formula is C16H15N3. The van der Waals surface area contributed by atoms with E-state index in [1.165, 1.54) is 0 Å². The Morgan fingerprint density at radius 3 is 2.58 bits per heavy atom. The van der Waals surface area contributed by atoms with Crippen LogP contribution in [0.4, 0.5) is 0 Å². The van der Waals surface area contributed by atoms with Crippen molar-refractivity contribution in [3.63, 3.8) is 0 Å². The predicted octanol–water partition coefficient (Wildman–Crippen LogP) is 3.97. The summed E-state index contributed by atoms with van der Waals surface area (Å²) in [5.74, 6) is 0.768. The highest BCUT2D eigenvalue weighted by Crippen LogP contribution is 2.26. The van der Waals surface area contributed by atoms with Crippen LogP contribution in [0.15, 0.2) is 43.0 Å². The largest absolute Gasteiger partial charge is 0.351 e. The van der Waals surface area contributed by atoms with Crippen molar-refractivity contribution < 1.29 is 0 Å². The standard InChI is InChI=1S/C16H15N3/c1-10(2)15-16-14(17-11(3)18-15)9-13(19-16)12-7-5-4-6-8-12/h4-9,19H,1H2,2-3H3. The number of fused-ring (bicyclic) bond motifs is 1. The average Bonchev–Trinajstić information content (AvgIpc) is 2.82. The first-order chi connectivity index (χ1) is 9.15. The van der Waals surface area contributed by atoms with Crippen LogP contribution in [0.1, 0.15) is 18.4 Å². The van der Waals surface area contributed by atoms with E-state index >= 15 is 0 Å². The Labute approximate surface area is 112 Å². The zero-order chi connectivity index (χ0) is 13.4. The molecule has 0 amide bonds. The van der Waals surface area contributed by atoms with E-state index in [-0.39, 0.29) is 0 Å². The van der Waals surface area contributed by atoms with Crippen LogP contribution in [0.2, 0.25) is 0 Å². The van der Waals surface area contributed by atoms with Gasteiger partial charge in [-0.2, -0.15) is 0 Å². The molecule has 0 unspecified atom stereocenters. The Morgan fingerprint density at radius 1 is 1.16 bits per heavy atom. The van der Waals surface area contributed by atoms with Gasteiger partial charge in [0.2, 0.25) is 0 Å². The third kappa shape index (κ3) is 2.03. The van der Waals surface area contributed by atoms with Gasteiger partial charge in [-0.15, -0.1) is 0 Å². The topological polar surface area (TPSA) is 41.6 Å². The number of rotatable bonds is 2. The van der Waals surface area contributed by atoms with Crippen molar-refractivity contribution in [1.82, 2.24) is 15.0 Å². The number of H-pyrrole nitrogens is 1. The first-order valence-electron chi connectivity index (χ1n) is 6.24. The molecule has 0 aliphatic heterocycles. The molecule has 0 fully saturated rings. The van der Waals surface area contributed by atoms with E-state index in [1.54, 1.807) is 0 Å². The number of hydrogen-bond donors (Lipinski definition) is 1. The zero-order valence-corrected chi connectivity index (χ0v) is 11.1. The fourth-order valence-corrected chi connectivity index (χ4v) is 2.21. The number of aromatic amines is 1. The lowest BCUT2D eigenvalue weighted by molar-refractivity contribution is 1.07. The summed E-state index contributed by atoms with van der Waals surface area (Å²) in [5.41, 5.74) is 5.92. The van der Waals surface area contributed by atoms with E-state index in [9.17, 15) is 0 Å². The van der Waals surface area contributed by atoms with Crippen LogP contribution in [0.5, 0.6) is 0 Å². The Morgan fingerprint density at radius 2 is 1.89 bits per heavy atom. The summed E-state index contributed by atoms with van der Waals surface area (Å²) in [6, 6.07) is 12.3. The highest BCUT2D eigenvalue weighted by atomic mass is 14.9. The van der Waals surface area contributed by atoms with Crippen LogP contribution in [-0.4, -0.2) is 15.0 Å². The molecule has 19 heavy (non-hydrogen) atoms. The number of allylic oxidation sites excluding steroid dienone is 1. The van der Waals surface area contributed by atoms with E-state index in [2.05, 4.69) is 39.7 Å². The van der Waals surface area contributed by atoms with Gasteiger partial charge in [-0.3, -0.25) is 0 Å². The number of benzene rings is 1. The average molecular weight is 249 g/mol. The monoisotopic (exact) mass is 249 g/mol. The van der Waals surface area contributed by atoms with Crippen LogP contribution in [0, 0.1) is 6.92 Å². The highest BCUT2D eigenvalue weighted by Gasteiger charge is 2.10. The number of aromatic nitrogens is 3. The summed E-state index contributed by atoms with van der Waals surface area (Å²) in [6.07, 6.45) is 0. The first kappa shape index (κ1) is 11.7. The lowest BCUT2D eigenvalue weighted by Crippen LogP contribution is -1.94. The number of nitrogens with zero attached hydrogens (tertiary/aromatic N) is 2. The maximum atomic E-state index is 4.48. The van der Waals surface area contributed by atoms with E-state index in [4.69, 9.17) is 0 Å². The second-order valence-electron chi connectivity index (χ2n) is 4.71. The van der Waals surface area contributed by atoms with E-state index in [0.717, 1.165) is 39.4 Å². The van der Waals surface area contributed by atoms with Gasteiger partial charge in [0.1, 0.15) is 5.82 Å². The Kier molecular flexibility index (Phi) is 2.67. The fraction of sp³-hybridized carbons (Fsp3) is 0.125. The van der Waals surface area contributed by atoms with Gasteiger partial charge in [0.25, 0.3) is 0 Å². The van der Waals surface area contributed by atoms with Crippen molar-refractivity contribution >= 4 is 16.6 Å². The molecule has 3 aromatic rings. The molecule has 1 N–H and O–H groups in total. The van der Waals surface area contributed by atoms with Crippen molar-refractivity contribution in [3.8, 4) is 11.3 Å². The Bertz CT molecular complexity index is 754. The molecule has 0 radical (unpaired) electrons. The number of nitrogens with one attached hydrogen (secondary N) is 1. The van der Waals surface area contributed by atoms with Gasteiger partial charge in [0.05, 0.1) is 16.7 Å². The van der Waals surface area contributed by atoms with Gasteiger partial charge in [-0.05, 0) is 31.1 Å². The van der Waals surface area contributed by atoms with Gasteiger partial charge in [0, 0.05) is 5.69 Å². The Balaban J connectivity index is 2.26. The van der Waals surface area contributed by atoms with Crippen LogP contribution in [0.3, 0.4) is 0 Å². The third-order valence-corrected chi connectivity index (χ3v) is 3.08. The van der Waals surface area contributed by atoms with Crippen LogP contribution in [0.25, 0.3) is 27.9 Å².